The number of nitrogen functional groups attached to an aromatic ring is 1. The molecular weight excluding hydrogens is 444 g/mol. The first-order valence-electron chi connectivity index (χ1n) is 12.0. The number of nitrogens with one attached hydrogen (secondary N) is 2. The zero-order valence-electron chi connectivity index (χ0n) is 20.4. The largest absolute Gasteiger partial charge is 0.494 e. The van der Waals surface area contributed by atoms with Gasteiger partial charge < -0.3 is 26.0 Å². The van der Waals surface area contributed by atoms with Gasteiger partial charge in [0.15, 0.2) is 0 Å². The summed E-state index contributed by atoms with van der Waals surface area (Å²) in [6.07, 6.45) is 9.97. The van der Waals surface area contributed by atoms with Crippen LogP contribution in [0.1, 0.15) is 41.6 Å². The fourth-order valence-corrected chi connectivity index (χ4v) is 4.69. The Kier molecular flexibility index (Phi) is 6.29. The molecule has 0 spiro atoms. The molecule has 184 valence electrons. The van der Waals surface area contributed by atoms with Crippen molar-refractivity contribution in [3.63, 3.8) is 0 Å². The Hall–Kier alpha value is -3.66. The number of carbonyl (C=O) groups is 1. The molecule has 1 aliphatic heterocycles. The lowest BCUT2D eigenvalue weighted by molar-refractivity contribution is 0.102. The van der Waals surface area contributed by atoms with E-state index in [9.17, 15) is 4.79 Å². The molecule has 5 rings (SSSR count). The first-order chi connectivity index (χ1) is 17.0. The fraction of sp³-hybridized carbons (Fsp3) is 0.440. The predicted octanol–water partition coefficient (Wildman–Crippen LogP) is 2.58. The number of aliphatic imine (C=N–C) groups is 1. The number of piperidine rings is 1. The van der Waals surface area contributed by atoms with Crippen molar-refractivity contribution in [2.45, 2.75) is 37.8 Å². The molecule has 2 fully saturated rings. The summed E-state index contributed by atoms with van der Waals surface area (Å²) in [5, 5.41) is 12.2. The van der Waals surface area contributed by atoms with Crippen molar-refractivity contribution >= 4 is 40.2 Å². The molecule has 3 aromatic rings. The number of amides is 1. The van der Waals surface area contributed by atoms with Crippen LogP contribution in [0.2, 0.25) is 0 Å². The van der Waals surface area contributed by atoms with Crippen LogP contribution in [0, 0.1) is 0 Å². The number of rotatable bonds is 7. The van der Waals surface area contributed by atoms with Crippen LogP contribution in [0.5, 0.6) is 5.75 Å². The number of hydrogen-bond donors (Lipinski definition) is 3. The Morgan fingerprint density at radius 1 is 1.23 bits per heavy atom. The smallest absolute Gasteiger partial charge is 0.259 e. The average Bonchev–Trinajstić information content (AvgIpc) is 3.58. The predicted molar refractivity (Wildman–Crippen MR) is 139 cm³/mol. The number of ether oxygens (including phenoxy) is 1. The van der Waals surface area contributed by atoms with Crippen molar-refractivity contribution in [3.8, 4) is 5.75 Å². The van der Waals surface area contributed by atoms with E-state index >= 15 is 0 Å². The molecule has 35 heavy (non-hydrogen) atoms. The highest BCUT2D eigenvalue weighted by Gasteiger charge is 2.29. The van der Waals surface area contributed by atoms with Crippen molar-refractivity contribution in [3.05, 3.63) is 35.7 Å². The minimum Gasteiger partial charge on any atom is -0.494 e. The maximum absolute atomic E-state index is 13.4. The highest BCUT2D eigenvalue weighted by Crippen LogP contribution is 2.32. The van der Waals surface area contributed by atoms with Crippen LogP contribution in [0.25, 0.3) is 10.9 Å². The summed E-state index contributed by atoms with van der Waals surface area (Å²) in [6, 6.07) is 4.71. The number of benzene rings is 1. The number of anilines is 3. The first kappa shape index (κ1) is 23.1. The molecule has 1 saturated heterocycles. The van der Waals surface area contributed by atoms with E-state index in [1.165, 1.54) is 20.0 Å². The number of nitrogens with zero attached hydrogens (tertiary/aromatic N) is 5. The van der Waals surface area contributed by atoms with E-state index in [-0.39, 0.29) is 5.91 Å². The third-order valence-electron chi connectivity index (χ3n) is 6.65. The van der Waals surface area contributed by atoms with Gasteiger partial charge in [0, 0.05) is 75.2 Å². The van der Waals surface area contributed by atoms with Gasteiger partial charge in [0.2, 0.25) is 0 Å². The molecule has 2 aliphatic rings. The van der Waals surface area contributed by atoms with E-state index < -0.39 is 0 Å². The second kappa shape index (κ2) is 9.53. The van der Waals surface area contributed by atoms with E-state index in [4.69, 9.17) is 15.5 Å². The van der Waals surface area contributed by atoms with Gasteiger partial charge >= 0.3 is 0 Å². The third-order valence-corrected chi connectivity index (χ3v) is 6.65. The number of aromatic nitrogens is 3. The van der Waals surface area contributed by atoms with E-state index in [1.54, 1.807) is 36.3 Å². The fourth-order valence-electron chi connectivity index (χ4n) is 4.69. The normalized spacial score (nSPS) is 16.8. The van der Waals surface area contributed by atoms with E-state index in [1.807, 2.05) is 13.2 Å². The van der Waals surface area contributed by atoms with Crippen LogP contribution < -0.4 is 26.0 Å². The highest BCUT2D eigenvalue weighted by atomic mass is 16.5. The SMILES string of the molecule is CN=Cc1cc(NC(=O)c2cnc(N3CCC(NC4CC4)CC3)c3cn(C)nc23)c(OC)cc1N. The van der Waals surface area contributed by atoms with Gasteiger partial charge in [0.05, 0.1) is 23.7 Å². The van der Waals surface area contributed by atoms with Gasteiger partial charge in [-0.3, -0.25) is 14.5 Å². The number of carbonyl (C=O) groups excluding carboxylic acids is 1. The van der Waals surface area contributed by atoms with Gasteiger partial charge in [0.25, 0.3) is 5.91 Å². The molecule has 0 atom stereocenters. The van der Waals surface area contributed by atoms with Crippen LogP contribution in [0.4, 0.5) is 17.2 Å². The van der Waals surface area contributed by atoms with Gasteiger partial charge in [-0.2, -0.15) is 5.10 Å². The number of pyridine rings is 1. The lowest BCUT2D eigenvalue weighted by Crippen LogP contribution is -2.43. The molecule has 3 heterocycles. The summed E-state index contributed by atoms with van der Waals surface area (Å²) in [7, 11) is 5.06. The molecule has 2 aromatic heterocycles. The highest BCUT2D eigenvalue weighted by molar-refractivity contribution is 6.13. The van der Waals surface area contributed by atoms with Gasteiger partial charge in [0.1, 0.15) is 17.1 Å². The third kappa shape index (κ3) is 4.79. The van der Waals surface area contributed by atoms with Crippen molar-refractivity contribution in [2.75, 3.05) is 43.2 Å². The topological polar surface area (TPSA) is 123 Å². The molecule has 10 heteroatoms. The molecule has 0 unspecified atom stereocenters. The summed E-state index contributed by atoms with van der Waals surface area (Å²) >= 11 is 0. The molecule has 1 saturated carbocycles. The quantitative estimate of drug-likeness (QED) is 0.354. The zero-order valence-corrected chi connectivity index (χ0v) is 20.4. The maximum atomic E-state index is 13.4. The summed E-state index contributed by atoms with van der Waals surface area (Å²) in [4.78, 5) is 24.4. The van der Waals surface area contributed by atoms with Gasteiger partial charge in [-0.05, 0) is 31.7 Å². The van der Waals surface area contributed by atoms with Crippen LogP contribution >= 0.6 is 0 Å². The Labute approximate surface area is 204 Å². The molecule has 10 nitrogen and oxygen atoms in total. The Morgan fingerprint density at radius 3 is 2.66 bits per heavy atom. The Bertz CT molecular complexity index is 1270. The van der Waals surface area contributed by atoms with Crippen LogP contribution in [-0.4, -0.2) is 66.2 Å². The van der Waals surface area contributed by atoms with E-state index in [0.29, 0.717) is 39.8 Å². The molecule has 0 radical (unpaired) electrons. The number of fused-ring (bicyclic) bond motifs is 1. The molecule has 1 aliphatic carbocycles. The zero-order chi connectivity index (χ0) is 24.5. The lowest BCUT2D eigenvalue weighted by atomic mass is 10.0. The summed E-state index contributed by atoms with van der Waals surface area (Å²) in [5.41, 5.74) is 8.81. The monoisotopic (exact) mass is 476 g/mol. The number of methoxy groups -OCH3 is 1. The standard InChI is InChI=1S/C25H32N8O2/c1-27-12-15-10-21(22(35-3)11-20(15)26)30-25(34)18-13-28-24(19-14-32(2)31-23(18)19)33-8-6-17(7-9-33)29-16-4-5-16/h10-14,16-17,29H,4-9,26H2,1-3H3,(H,30,34). The average molecular weight is 477 g/mol. The first-order valence-corrected chi connectivity index (χ1v) is 12.0. The van der Waals surface area contributed by atoms with Crippen LogP contribution in [-0.2, 0) is 7.05 Å². The Balaban J connectivity index is 1.41. The minimum absolute atomic E-state index is 0.317. The lowest BCUT2D eigenvalue weighted by Gasteiger charge is -2.33. The van der Waals surface area contributed by atoms with E-state index in [2.05, 4.69) is 25.6 Å². The minimum atomic E-state index is -0.317. The molecule has 1 aromatic carbocycles. The van der Waals surface area contributed by atoms with Crippen molar-refractivity contribution in [1.29, 1.82) is 0 Å². The maximum Gasteiger partial charge on any atom is 0.259 e. The van der Waals surface area contributed by atoms with E-state index in [0.717, 1.165) is 43.2 Å². The van der Waals surface area contributed by atoms with Gasteiger partial charge in [-0.25, -0.2) is 4.98 Å². The van der Waals surface area contributed by atoms with Crippen molar-refractivity contribution in [1.82, 2.24) is 20.1 Å². The summed E-state index contributed by atoms with van der Waals surface area (Å²) < 4.78 is 7.17. The van der Waals surface area contributed by atoms with Crippen LogP contribution in [0.15, 0.2) is 29.5 Å². The Morgan fingerprint density at radius 2 is 1.97 bits per heavy atom. The van der Waals surface area contributed by atoms with Crippen molar-refractivity contribution in [2.24, 2.45) is 12.0 Å². The number of aryl methyl sites for hydroxylation is 1. The number of hydrogen-bond acceptors (Lipinski definition) is 8. The molecule has 1 amide bonds. The van der Waals surface area contributed by atoms with Gasteiger partial charge in [-0.15, -0.1) is 0 Å². The molecule has 0 bridgehead atoms. The number of nitrogens with two attached hydrogens (primary N) is 1. The molecular formula is C25H32N8O2. The summed E-state index contributed by atoms with van der Waals surface area (Å²) in [6.45, 7) is 1.86. The van der Waals surface area contributed by atoms with Crippen LogP contribution in [0.3, 0.4) is 0 Å². The van der Waals surface area contributed by atoms with Crippen molar-refractivity contribution < 1.29 is 9.53 Å². The second-order valence-corrected chi connectivity index (χ2v) is 9.29. The molecule has 4 N–H and O–H groups in total. The second-order valence-electron chi connectivity index (χ2n) is 9.29. The summed E-state index contributed by atoms with van der Waals surface area (Å²) in [5.74, 6) is 1.03. The van der Waals surface area contributed by atoms with Gasteiger partial charge in [-0.1, -0.05) is 0 Å².